The Morgan fingerprint density at radius 1 is 1.33 bits per heavy atom. The van der Waals surface area contributed by atoms with Crippen molar-refractivity contribution < 1.29 is 19.2 Å². The highest BCUT2D eigenvalue weighted by Crippen LogP contribution is 2.45. The molecule has 0 atom stereocenters. The molecule has 0 aromatic carbocycles. The Kier molecular flexibility index (Phi) is 4.27. The van der Waals surface area contributed by atoms with Crippen LogP contribution in [0.4, 0.5) is 0 Å². The molecule has 0 saturated carbocycles. The number of unbranched alkanes of at least 4 members (excludes halogenated alkanes) is 1. The van der Waals surface area contributed by atoms with E-state index in [-0.39, 0.29) is 6.61 Å². The number of hydrogen-bond donors (Lipinski definition) is 3. The van der Waals surface area contributed by atoms with Crippen molar-refractivity contribution in [3.63, 3.8) is 0 Å². The molecule has 0 amide bonds. The maximum atomic E-state index is 8.24. The van der Waals surface area contributed by atoms with Crippen molar-refractivity contribution in [3.05, 3.63) is 0 Å². The topological polar surface area (TPSA) is 69.9 Å². The molecule has 0 aliphatic carbocycles. The van der Waals surface area contributed by atoms with Gasteiger partial charge in [0.25, 0.3) is 0 Å². The summed E-state index contributed by atoms with van der Waals surface area (Å²) in [5.41, 5.74) is 0. The second kappa shape index (κ2) is 4.14. The maximum absolute atomic E-state index is 8.24. The van der Waals surface area contributed by atoms with Gasteiger partial charge in [-0.1, -0.05) is 13.3 Å². The van der Waals surface area contributed by atoms with E-state index in [2.05, 4.69) is 4.52 Å². The van der Waals surface area contributed by atoms with Crippen LogP contribution in [0.2, 0.25) is 0 Å². The van der Waals surface area contributed by atoms with Crippen molar-refractivity contribution in [3.8, 4) is 0 Å². The average molecular weight is 155 g/mol. The highest BCUT2D eigenvalue weighted by atomic mass is 31.2. The fraction of sp³-hybridized carbons (Fsp3) is 1.00. The molecule has 0 aromatic rings. The minimum atomic E-state index is -3.95. The predicted molar refractivity (Wildman–Crippen MR) is 34.4 cm³/mol. The Labute approximate surface area is 54.8 Å². The zero-order chi connectivity index (χ0) is 7.33. The second-order valence-electron chi connectivity index (χ2n) is 1.70. The summed E-state index contributed by atoms with van der Waals surface area (Å²) in [5.74, 6) is 0. The lowest BCUT2D eigenvalue weighted by molar-refractivity contribution is 0.158. The van der Waals surface area contributed by atoms with Crippen molar-refractivity contribution in [2.45, 2.75) is 19.8 Å². The van der Waals surface area contributed by atoms with E-state index in [1.54, 1.807) is 0 Å². The monoisotopic (exact) mass is 155 g/mol. The SMILES string of the molecule is CCCCO[P+](O)(O)O. The van der Waals surface area contributed by atoms with Gasteiger partial charge in [0, 0.05) is 0 Å². The highest BCUT2D eigenvalue weighted by Gasteiger charge is 2.32. The van der Waals surface area contributed by atoms with Gasteiger partial charge in [0.1, 0.15) is 6.61 Å². The third-order valence-electron chi connectivity index (χ3n) is 0.762. The second-order valence-corrected chi connectivity index (χ2v) is 2.98. The van der Waals surface area contributed by atoms with E-state index in [1.165, 1.54) is 0 Å². The summed E-state index contributed by atoms with van der Waals surface area (Å²) in [6, 6.07) is 0. The first-order valence-electron chi connectivity index (χ1n) is 2.78. The van der Waals surface area contributed by atoms with E-state index < -0.39 is 8.17 Å². The van der Waals surface area contributed by atoms with Crippen LogP contribution in [-0.4, -0.2) is 21.3 Å². The van der Waals surface area contributed by atoms with Crippen molar-refractivity contribution in [2.24, 2.45) is 0 Å². The molecule has 0 unspecified atom stereocenters. The molecule has 0 rings (SSSR count). The van der Waals surface area contributed by atoms with Crippen LogP contribution in [0.25, 0.3) is 0 Å². The quantitative estimate of drug-likeness (QED) is 0.407. The Hall–Kier alpha value is 0.270. The number of rotatable bonds is 4. The first-order valence-corrected chi connectivity index (χ1v) is 4.34. The summed E-state index contributed by atoms with van der Waals surface area (Å²) in [5, 5.41) is 0. The van der Waals surface area contributed by atoms with Crippen molar-refractivity contribution in [1.82, 2.24) is 0 Å². The summed E-state index contributed by atoms with van der Waals surface area (Å²) in [6.07, 6.45) is 1.63. The molecule has 0 aromatic heterocycles. The van der Waals surface area contributed by atoms with Crippen molar-refractivity contribution >= 4 is 8.17 Å². The largest absolute Gasteiger partial charge is 0.567 e. The zero-order valence-electron chi connectivity index (χ0n) is 5.32. The average Bonchev–Trinajstić information content (AvgIpc) is 1.63. The van der Waals surface area contributed by atoms with Crippen LogP contribution in [0.1, 0.15) is 19.8 Å². The Morgan fingerprint density at radius 2 is 1.89 bits per heavy atom. The Morgan fingerprint density at radius 3 is 2.22 bits per heavy atom. The maximum Gasteiger partial charge on any atom is 0.567 e. The van der Waals surface area contributed by atoms with Gasteiger partial charge in [0.05, 0.1) is 0 Å². The normalized spacial score (nSPS) is 12.0. The molecule has 4 nitrogen and oxygen atoms in total. The minimum Gasteiger partial charge on any atom is -0.168 e. The minimum absolute atomic E-state index is 0.202. The van der Waals surface area contributed by atoms with Gasteiger partial charge in [-0.25, -0.2) is 0 Å². The van der Waals surface area contributed by atoms with Crippen LogP contribution in [0, 0.1) is 0 Å². The van der Waals surface area contributed by atoms with Crippen LogP contribution in [0.5, 0.6) is 0 Å². The lowest BCUT2D eigenvalue weighted by Gasteiger charge is -2.00. The van der Waals surface area contributed by atoms with E-state index >= 15 is 0 Å². The summed E-state index contributed by atoms with van der Waals surface area (Å²) in [7, 11) is -3.95. The van der Waals surface area contributed by atoms with E-state index in [1.807, 2.05) is 6.92 Å². The van der Waals surface area contributed by atoms with Gasteiger partial charge in [-0.2, -0.15) is 19.2 Å². The molecule has 0 bridgehead atoms. The molecular formula is C4H12O4P+. The number of hydrogen-bond acceptors (Lipinski definition) is 4. The molecule has 0 aliphatic rings. The van der Waals surface area contributed by atoms with Gasteiger partial charge >= 0.3 is 8.17 Å². The summed E-state index contributed by atoms with van der Waals surface area (Å²) < 4.78 is 4.25. The molecular weight excluding hydrogens is 143 g/mol. The van der Waals surface area contributed by atoms with Crippen molar-refractivity contribution in [2.75, 3.05) is 6.61 Å². The molecule has 3 N–H and O–H groups in total. The molecule has 9 heavy (non-hydrogen) atoms. The molecule has 5 heteroatoms. The summed E-state index contributed by atoms with van der Waals surface area (Å²) in [6.45, 7) is 2.14. The fourth-order valence-electron chi connectivity index (χ4n) is 0.331. The molecule has 56 valence electrons. The first-order chi connectivity index (χ1) is 4.06. The lowest BCUT2D eigenvalue weighted by atomic mass is 10.4. The van der Waals surface area contributed by atoms with Crippen molar-refractivity contribution in [1.29, 1.82) is 0 Å². The first kappa shape index (κ1) is 9.27. The van der Waals surface area contributed by atoms with Gasteiger partial charge in [-0.15, -0.1) is 0 Å². The highest BCUT2D eigenvalue weighted by molar-refractivity contribution is 7.53. The van der Waals surface area contributed by atoms with Gasteiger partial charge in [0.2, 0.25) is 0 Å². The van der Waals surface area contributed by atoms with Crippen LogP contribution in [-0.2, 0) is 4.52 Å². The van der Waals surface area contributed by atoms with Gasteiger partial charge in [0.15, 0.2) is 0 Å². The summed E-state index contributed by atoms with van der Waals surface area (Å²) >= 11 is 0. The van der Waals surface area contributed by atoms with E-state index in [9.17, 15) is 0 Å². The smallest absolute Gasteiger partial charge is 0.168 e. The predicted octanol–water partition coefficient (Wildman–Crippen LogP) is 0.458. The van der Waals surface area contributed by atoms with Gasteiger partial charge in [-0.05, 0) is 6.42 Å². The van der Waals surface area contributed by atoms with E-state index in [0.29, 0.717) is 0 Å². The van der Waals surface area contributed by atoms with Crippen LogP contribution in [0.15, 0.2) is 0 Å². The zero-order valence-corrected chi connectivity index (χ0v) is 6.21. The fourth-order valence-corrected chi connectivity index (χ4v) is 0.705. The summed E-state index contributed by atoms with van der Waals surface area (Å²) in [4.78, 5) is 24.7. The molecule has 0 radical (unpaired) electrons. The molecule has 0 heterocycles. The lowest BCUT2D eigenvalue weighted by Crippen LogP contribution is -1.96. The van der Waals surface area contributed by atoms with Crippen LogP contribution >= 0.6 is 8.17 Å². The Bertz CT molecular complexity index is 69.5. The van der Waals surface area contributed by atoms with Gasteiger partial charge in [-0.3, -0.25) is 0 Å². The molecule has 0 aliphatic heterocycles. The van der Waals surface area contributed by atoms with E-state index in [0.717, 1.165) is 12.8 Å². The molecule has 0 fully saturated rings. The molecule has 0 spiro atoms. The van der Waals surface area contributed by atoms with Crippen LogP contribution in [0.3, 0.4) is 0 Å². The molecule has 0 saturated heterocycles. The third kappa shape index (κ3) is 8.27. The van der Waals surface area contributed by atoms with Crippen LogP contribution < -0.4 is 0 Å². The van der Waals surface area contributed by atoms with E-state index in [4.69, 9.17) is 14.7 Å². The Balaban J connectivity index is 3.07. The third-order valence-corrected chi connectivity index (χ3v) is 1.29. The van der Waals surface area contributed by atoms with Gasteiger partial charge < -0.3 is 0 Å². The standard InChI is InChI=1S/C4H12O4P/c1-2-3-4-8-9(5,6)7/h5-7H,2-4H2,1H3/q+1.